The van der Waals surface area contributed by atoms with Crippen molar-refractivity contribution in [3.63, 3.8) is 0 Å². The van der Waals surface area contributed by atoms with E-state index in [1.165, 1.54) is 11.1 Å². The van der Waals surface area contributed by atoms with Crippen LogP contribution < -0.4 is 10.1 Å². The molecule has 1 heterocycles. The number of hydrogen-bond donors (Lipinski definition) is 1. The topological polar surface area (TPSA) is 34.2 Å². The first-order valence-electron chi connectivity index (χ1n) is 7.10. The third-order valence-electron chi connectivity index (χ3n) is 2.99. The number of ether oxygens (including phenoxy) is 1. The Labute approximate surface area is 121 Å². The summed E-state index contributed by atoms with van der Waals surface area (Å²) in [6, 6.07) is 12.1. The van der Waals surface area contributed by atoms with Gasteiger partial charge in [0, 0.05) is 18.3 Å². The number of benzene rings is 1. The third-order valence-corrected chi connectivity index (χ3v) is 2.99. The normalized spacial score (nSPS) is 10.6. The number of aryl methyl sites for hydroxylation is 2. The summed E-state index contributed by atoms with van der Waals surface area (Å²) < 4.78 is 5.82. The molecule has 0 aliphatic carbocycles. The minimum absolute atomic E-state index is 0.655. The van der Waals surface area contributed by atoms with Gasteiger partial charge in [-0.3, -0.25) is 0 Å². The Kier molecular flexibility index (Phi) is 5.13. The van der Waals surface area contributed by atoms with E-state index in [9.17, 15) is 0 Å². The number of nitrogens with zero attached hydrogens (tertiary/aromatic N) is 1. The van der Waals surface area contributed by atoms with Crippen molar-refractivity contribution in [2.24, 2.45) is 0 Å². The maximum Gasteiger partial charge on any atom is 0.219 e. The molecule has 0 spiro atoms. The van der Waals surface area contributed by atoms with Crippen LogP contribution in [-0.4, -0.2) is 11.5 Å². The van der Waals surface area contributed by atoms with Gasteiger partial charge >= 0.3 is 0 Å². The molecule has 0 saturated heterocycles. The van der Waals surface area contributed by atoms with E-state index in [2.05, 4.69) is 30.2 Å². The van der Waals surface area contributed by atoms with E-state index in [1.54, 1.807) is 0 Å². The lowest BCUT2D eigenvalue weighted by Crippen LogP contribution is -2.14. The molecule has 0 saturated carbocycles. The van der Waals surface area contributed by atoms with Crippen molar-refractivity contribution in [1.82, 2.24) is 10.3 Å². The first-order valence-corrected chi connectivity index (χ1v) is 7.10. The number of rotatable bonds is 6. The summed E-state index contributed by atoms with van der Waals surface area (Å²) in [5.41, 5.74) is 3.40. The first-order chi connectivity index (χ1) is 9.67. The summed E-state index contributed by atoms with van der Waals surface area (Å²) in [4.78, 5) is 4.43. The lowest BCUT2D eigenvalue weighted by atomic mass is 10.2. The molecule has 2 aromatic rings. The highest BCUT2D eigenvalue weighted by atomic mass is 16.5. The van der Waals surface area contributed by atoms with Crippen molar-refractivity contribution in [3.05, 3.63) is 53.2 Å². The average Bonchev–Trinajstić information content (AvgIpc) is 2.41. The molecule has 1 aromatic carbocycles. The van der Waals surface area contributed by atoms with E-state index in [4.69, 9.17) is 4.74 Å². The minimum Gasteiger partial charge on any atom is -0.439 e. The molecule has 3 nitrogen and oxygen atoms in total. The van der Waals surface area contributed by atoms with Crippen LogP contribution in [0, 0.1) is 13.8 Å². The molecule has 0 fully saturated rings. The molecule has 0 aliphatic rings. The number of aromatic nitrogens is 1. The summed E-state index contributed by atoms with van der Waals surface area (Å²) in [7, 11) is 0. The molecule has 2 rings (SSSR count). The van der Waals surface area contributed by atoms with E-state index in [0.29, 0.717) is 5.88 Å². The molecule has 0 bridgehead atoms. The third kappa shape index (κ3) is 4.35. The summed E-state index contributed by atoms with van der Waals surface area (Å²) in [6.45, 7) is 8.09. The highest BCUT2D eigenvalue weighted by Gasteiger charge is 2.03. The van der Waals surface area contributed by atoms with Crippen molar-refractivity contribution in [2.45, 2.75) is 33.7 Å². The predicted octanol–water partition coefficient (Wildman–Crippen LogP) is 3.99. The van der Waals surface area contributed by atoms with Gasteiger partial charge in [0.1, 0.15) is 5.75 Å². The van der Waals surface area contributed by atoms with Crippen LogP contribution in [-0.2, 0) is 6.54 Å². The monoisotopic (exact) mass is 270 g/mol. The van der Waals surface area contributed by atoms with Gasteiger partial charge in [-0.1, -0.05) is 24.6 Å². The fourth-order valence-corrected chi connectivity index (χ4v) is 2.00. The van der Waals surface area contributed by atoms with Crippen molar-refractivity contribution in [2.75, 3.05) is 6.54 Å². The van der Waals surface area contributed by atoms with Crippen molar-refractivity contribution in [1.29, 1.82) is 0 Å². The second kappa shape index (κ2) is 7.06. The molecule has 0 unspecified atom stereocenters. The Bertz CT molecular complexity index is 549. The van der Waals surface area contributed by atoms with Gasteiger partial charge in [-0.2, -0.15) is 0 Å². The van der Waals surface area contributed by atoms with Gasteiger partial charge < -0.3 is 10.1 Å². The largest absolute Gasteiger partial charge is 0.439 e. The van der Waals surface area contributed by atoms with Gasteiger partial charge in [0.2, 0.25) is 5.88 Å². The molecule has 1 aromatic heterocycles. The summed E-state index contributed by atoms with van der Waals surface area (Å²) >= 11 is 0. The van der Waals surface area contributed by atoms with Crippen molar-refractivity contribution in [3.8, 4) is 11.6 Å². The zero-order chi connectivity index (χ0) is 14.4. The number of nitrogens with one attached hydrogen (secondary N) is 1. The maximum absolute atomic E-state index is 5.82. The van der Waals surface area contributed by atoms with Gasteiger partial charge in [-0.05, 0) is 50.6 Å². The van der Waals surface area contributed by atoms with Crippen LogP contribution in [0.4, 0.5) is 0 Å². The fourth-order valence-electron chi connectivity index (χ4n) is 2.00. The molecule has 3 heteroatoms. The minimum atomic E-state index is 0.655. The van der Waals surface area contributed by atoms with Gasteiger partial charge in [0.25, 0.3) is 0 Å². The lowest BCUT2D eigenvalue weighted by Gasteiger charge is -2.09. The first kappa shape index (κ1) is 14.5. The molecular formula is C17H22N2O. The highest BCUT2D eigenvalue weighted by Crippen LogP contribution is 2.21. The average molecular weight is 270 g/mol. The molecule has 0 amide bonds. The van der Waals surface area contributed by atoms with Crippen LogP contribution in [0.25, 0.3) is 0 Å². The molecule has 0 aliphatic heterocycles. The molecule has 0 radical (unpaired) electrons. The van der Waals surface area contributed by atoms with E-state index in [0.717, 1.165) is 31.0 Å². The number of pyridine rings is 1. The summed E-state index contributed by atoms with van der Waals surface area (Å²) in [5, 5.41) is 3.39. The van der Waals surface area contributed by atoms with E-state index >= 15 is 0 Å². The quantitative estimate of drug-likeness (QED) is 0.806. The Balaban J connectivity index is 2.09. The van der Waals surface area contributed by atoms with Gasteiger partial charge in [0.15, 0.2) is 0 Å². The second-order valence-electron chi connectivity index (χ2n) is 5.05. The van der Waals surface area contributed by atoms with Crippen LogP contribution in [0.3, 0.4) is 0 Å². The van der Waals surface area contributed by atoms with Gasteiger partial charge in [0.05, 0.1) is 0 Å². The summed E-state index contributed by atoms with van der Waals surface area (Å²) in [6.07, 6.45) is 1.14. The van der Waals surface area contributed by atoms with E-state index in [-0.39, 0.29) is 0 Å². The zero-order valence-electron chi connectivity index (χ0n) is 12.4. The van der Waals surface area contributed by atoms with Crippen molar-refractivity contribution >= 4 is 0 Å². The molecule has 20 heavy (non-hydrogen) atoms. The second-order valence-corrected chi connectivity index (χ2v) is 5.05. The Morgan fingerprint density at radius 1 is 1.10 bits per heavy atom. The van der Waals surface area contributed by atoms with E-state index < -0.39 is 0 Å². The Hall–Kier alpha value is -1.87. The van der Waals surface area contributed by atoms with Crippen molar-refractivity contribution < 1.29 is 4.74 Å². The molecule has 106 valence electrons. The molecule has 0 atom stereocenters. The van der Waals surface area contributed by atoms with Crippen LogP contribution in [0.5, 0.6) is 11.6 Å². The van der Waals surface area contributed by atoms with Gasteiger partial charge in [-0.25, -0.2) is 4.98 Å². The van der Waals surface area contributed by atoms with Crippen LogP contribution in [0.2, 0.25) is 0 Å². The van der Waals surface area contributed by atoms with Gasteiger partial charge in [-0.15, -0.1) is 0 Å². The summed E-state index contributed by atoms with van der Waals surface area (Å²) in [5.74, 6) is 1.48. The van der Waals surface area contributed by atoms with Crippen LogP contribution in [0.15, 0.2) is 36.4 Å². The predicted molar refractivity (Wildman–Crippen MR) is 82.2 cm³/mol. The molecular weight excluding hydrogens is 248 g/mol. The Morgan fingerprint density at radius 3 is 2.55 bits per heavy atom. The zero-order valence-corrected chi connectivity index (χ0v) is 12.4. The standard InChI is InChI=1S/C17H22N2O/c1-4-9-18-12-15-10-14(3)19-17(11-15)20-16-7-5-13(2)6-8-16/h5-8,10-11,18H,4,9,12H2,1-3H3. The smallest absolute Gasteiger partial charge is 0.219 e. The highest BCUT2D eigenvalue weighted by molar-refractivity contribution is 5.32. The lowest BCUT2D eigenvalue weighted by molar-refractivity contribution is 0.460. The van der Waals surface area contributed by atoms with E-state index in [1.807, 2.05) is 37.3 Å². The number of hydrogen-bond acceptors (Lipinski definition) is 3. The molecule has 1 N–H and O–H groups in total. The fraction of sp³-hybridized carbons (Fsp3) is 0.353. The Morgan fingerprint density at radius 2 is 1.85 bits per heavy atom. The van der Waals surface area contributed by atoms with Crippen LogP contribution in [0.1, 0.15) is 30.2 Å². The maximum atomic E-state index is 5.82. The SMILES string of the molecule is CCCNCc1cc(C)nc(Oc2ccc(C)cc2)c1. The van der Waals surface area contributed by atoms with Crippen LogP contribution >= 0.6 is 0 Å².